The van der Waals surface area contributed by atoms with Crippen molar-refractivity contribution in [3.63, 3.8) is 0 Å². The molecule has 0 amide bonds. The molecule has 40 heavy (non-hydrogen) atoms. The van der Waals surface area contributed by atoms with E-state index in [1.807, 2.05) is 61.5 Å². The fraction of sp³-hybridized carbons (Fsp3) is 0.265. The third-order valence-corrected chi connectivity index (χ3v) is 12.3. The van der Waals surface area contributed by atoms with Crippen LogP contribution in [0.15, 0.2) is 115 Å². The van der Waals surface area contributed by atoms with Crippen LogP contribution in [0.2, 0.25) is 5.04 Å². The van der Waals surface area contributed by atoms with Gasteiger partial charge in [0.2, 0.25) is 5.88 Å². The molecule has 0 unspecified atom stereocenters. The molecule has 5 rings (SSSR count). The van der Waals surface area contributed by atoms with E-state index in [9.17, 15) is 5.11 Å². The van der Waals surface area contributed by atoms with Crippen LogP contribution in [0.3, 0.4) is 0 Å². The predicted molar refractivity (Wildman–Crippen MR) is 161 cm³/mol. The van der Waals surface area contributed by atoms with Gasteiger partial charge in [-0.05, 0) is 40.0 Å². The molecule has 2 atom stereocenters. The summed E-state index contributed by atoms with van der Waals surface area (Å²) in [6.45, 7) is 8.98. The summed E-state index contributed by atoms with van der Waals surface area (Å²) < 4.78 is 19.5. The summed E-state index contributed by atoms with van der Waals surface area (Å²) in [5, 5.41) is 12.5. The molecule has 3 aromatic carbocycles. The topological polar surface area (TPSA) is 60.8 Å². The van der Waals surface area contributed by atoms with E-state index < -0.39 is 14.4 Å². The molecule has 0 spiro atoms. The molecular formula is C34H37NO4Si. The Morgan fingerprint density at radius 1 is 0.875 bits per heavy atom. The maximum Gasteiger partial charge on any atom is 0.319 e. The maximum absolute atomic E-state index is 10.4. The molecule has 1 aromatic heterocycles. The average Bonchev–Trinajstić information content (AvgIpc) is 3.39. The highest BCUT2D eigenvalue weighted by Gasteiger charge is 2.53. The van der Waals surface area contributed by atoms with E-state index in [2.05, 4.69) is 74.3 Å². The van der Waals surface area contributed by atoms with Crippen molar-refractivity contribution in [3.05, 3.63) is 132 Å². The van der Waals surface area contributed by atoms with Gasteiger partial charge in [0.05, 0.1) is 6.61 Å². The fourth-order valence-electron chi connectivity index (χ4n) is 5.39. The van der Waals surface area contributed by atoms with E-state index in [1.165, 1.54) is 10.4 Å². The third kappa shape index (κ3) is 5.61. The number of aryl methyl sites for hydroxylation is 1. The highest BCUT2D eigenvalue weighted by Crippen LogP contribution is 2.41. The third-order valence-electron chi connectivity index (χ3n) is 7.40. The van der Waals surface area contributed by atoms with Crippen LogP contribution in [0.5, 0.6) is 5.88 Å². The Kier molecular flexibility index (Phi) is 8.21. The van der Waals surface area contributed by atoms with Gasteiger partial charge in [0.15, 0.2) is 0 Å². The first-order valence-electron chi connectivity index (χ1n) is 13.7. The summed E-state index contributed by atoms with van der Waals surface area (Å²) in [6.07, 6.45) is 2.83. The molecule has 206 valence electrons. The standard InChI is InChI=1S/C34H37NO4Si/c1-25-20-27(22-35-33(25)37-24-26-14-8-5-9-15-26)30-21-31(32(23-36)38-30)39-40(34(2,3)4,28-16-10-6-11-17-28)29-18-12-7-13-19-29/h5-22,30,32,36H,23-24H2,1-4H3/t30-,32-/m1/s1. The van der Waals surface area contributed by atoms with Crippen molar-refractivity contribution >= 4 is 18.7 Å². The minimum absolute atomic E-state index is 0.175. The van der Waals surface area contributed by atoms with Crippen LogP contribution in [-0.4, -0.2) is 31.1 Å². The van der Waals surface area contributed by atoms with Gasteiger partial charge in [-0.25, -0.2) is 4.98 Å². The van der Waals surface area contributed by atoms with Gasteiger partial charge in [-0.1, -0.05) is 112 Å². The quantitative estimate of drug-likeness (QED) is 0.264. The summed E-state index contributed by atoms with van der Waals surface area (Å²) in [4.78, 5) is 4.60. The van der Waals surface area contributed by atoms with Crippen molar-refractivity contribution in [2.75, 3.05) is 6.61 Å². The normalized spacial score (nSPS) is 17.4. The molecule has 4 aromatic rings. The Labute approximate surface area is 238 Å². The Bertz CT molecular complexity index is 1400. The largest absolute Gasteiger partial charge is 0.535 e. The van der Waals surface area contributed by atoms with E-state index in [1.54, 1.807) is 6.20 Å². The second-order valence-electron chi connectivity index (χ2n) is 11.2. The predicted octanol–water partition coefficient (Wildman–Crippen LogP) is 5.86. The van der Waals surface area contributed by atoms with Gasteiger partial charge < -0.3 is 19.0 Å². The molecule has 0 saturated heterocycles. The van der Waals surface area contributed by atoms with Crippen LogP contribution in [-0.2, 0) is 15.8 Å². The zero-order valence-electron chi connectivity index (χ0n) is 23.6. The molecule has 1 N–H and O–H groups in total. The fourth-order valence-corrected chi connectivity index (χ4v) is 9.87. The van der Waals surface area contributed by atoms with E-state index in [0.717, 1.165) is 16.7 Å². The molecule has 0 saturated carbocycles. The van der Waals surface area contributed by atoms with Crippen molar-refractivity contribution in [3.8, 4) is 5.88 Å². The molecule has 1 aliphatic rings. The number of ether oxygens (including phenoxy) is 2. The number of nitrogens with zero attached hydrogens (tertiary/aromatic N) is 1. The lowest BCUT2D eigenvalue weighted by molar-refractivity contribution is 0.00718. The lowest BCUT2D eigenvalue weighted by Crippen LogP contribution is -2.66. The van der Waals surface area contributed by atoms with E-state index in [4.69, 9.17) is 13.9 Å². The van der Waals surface area contributed by atoms with Gasteiger partial charge >= 0.3 is 8.32 Å². The number of rotatable bonds is 9. The van der Waals surface area contributed by atoms with Crippen molar-refractivity contribution < 1.29 is 19.0 Å². The second-order valence-corrected chi connectivity index (χ2v) is 15.4. The lowest BCUT2D eigenvalue weighted by atomic mass is 10.1. The van der Waals surface area contributed by atoms with E-state index in [-0.39, 0.29) is 17.7 Å². The average molecular weight is 552 g/mol. The number of aliphatic hydroxyl groups is 1. The number of benzene rings is 3. The van der Waals surface area contributed by atoms with Gasteiger partial charge in [-0.2, -0.15) is 0 Å². The number of hydrogen-bond donors (Lipinski definition) is 1. The Balaban J connectivity index is 1.47. The molecule has 0 bridgehead atoms. The zero-order chi connectivity index (χ0) is 28.2. The summed E-state index contributed by atoms with van der Waals surface area (Å²) in [5.41, 5.74) is 2.90. The Morgan fingerprint density at radius 2 is 1.45 bits per heavy atom. The van der Waals surface area contributed by atoms with Crippen LogP contribution in [0.4, 0.5) is 0 Å². The van der Waals surface area contributed by atoms with Gasteiger partial charge in [0.1, 0.15) is 24.6 Å². The number of pyridine rings is 1. The van der Waals surface area contributed by atoms with Crippen LogP contribution in [0.25, 0.3) is 0 Å². The second kappa shape index (κ2) is 11.8. The van der Waals surface area contributed by atoms with Crippen molar-refractivity contribution in [2.45, 2.75) is 51.5 Å². The van der Waals surface area contributed by atoms with Gasteiger partial charge in [-0.3, -0.25) is 0 Å². The zero-order valence-corrected chi connectivity index (χ0v) is 24.6. The lowest BCUT2D eigenvalue weighted by Gasteiger charge is -2.43. The SMILES string of the molecule is Cc1cc([C@H]2C=C(O[Si](c3ccccc3)(c3ccccc3)C(C)(C)C)[C@@H](CO)O2)cnc1OCc1ccccc1. The number of aromatic nitrogens is 1. The van der Waals surface area contributed by atoms with Gasteiger partial charge in [0, 0.05) is 17.3 Å². The van der Waals surface area contributed by atoms with Gasteiger partial charge in [-0.15, -0.1) is 0 Å². The molecule has 0 aliphatic carbocycles. The van der Waals surface area contributed by atoms with Crippen LogP contribution >= 0.6 is 0 Å². The number of aliphatic hydroxyl groups excluding tert-OH is 1. The Hall–Kier alpha value is -3.71. The number of hydrogen-bond acceptors (Lipinski definition) is 5. The maximum atomic E-state index is 10.4. The first kappa shape index (κ1) is 27.8. The van der Waals surface area contributed by atoms with Crippen molar-refractivity contribution in [1.29, 1.82) is 0 Å². The summed E-state index contributed by atoms with van der Waals surface area (Å²) in [6, 6.07) is 33.0. The molecule has 0 radical (unpaired) electrons. The molecule has 0 fully saturated rings. The molecular weight excluding hydrogens is 514 g/mol. The summed E-state index contributed by atoms with van der Waals surface area (Å²) in [7, 11) is -2.86. The highest BCUT2D eigenvalue weighted by atomic mass is 28.4. The molecule has 6 heteroatoms. The monoisotopic (exact) mass is 551 g/mol. The van der Waals surface area contributed by atoms with E-state index in [0.29, 0.717) is 18.2 Å². The molecule has 5 nitrogen and oxygen atoms in total. The smallest absolute Gasteiger partial charge is 0.319 e. The van der Waals surface area contributed by atoms with Crippen LogP contribution < -0.4 is 15.1 Å². The minimum Gasteiger partial charge on any atom is -0.535 e. The molecule has 2 heterocycles. The van der Waals surface area contributed by atoms with Gasteiger partial charge in [0.25, 0.3) is 0 Å². The van der Waals surface area contributed by atoms with Crippen molar-refractivity contribution in [1.82, 2.24) is 4.98 Å². The summed E-state index contributed by atoms with van der Waals surface area (Å²) >= 11 is 0. The summed E-state index contributed by atoms with van der Waals surface area (Å²) in [5.74, 6) is 1.26. The van der Waals surface area contributed by atoms with Crippen molar-refractivity contribution in [2.24, 2.45) is 0 Å². The minimum atomic E-state index is -2.86. The van der Waals surface area contributed by atoms with Crippen LogP contribution in [0.1, 0.15) is 43.6 Å². The van der Waals surface area contributed by atoms with E-state index >= 15 is 0 Å². The highest BCUT2D eigenvalue weighted by molar-refractivity contribution is 6.99. The van der Waals surface area contributed by atoms with Crippen LogP contribution in [0, 0.1) is 6.92 Å². The molecule has 1 aliphatic heterocycles. The Morgan fingerprint density at radius 3 is 1.98 bits per heavy atom. The first-order valence-corrected chi connectivity index (χ1v) is 15.6. The first-order chi connectivity index (χ1) is 19.3.